The lowest BCUT2D eigenvalue weighted by molar-refractivity contribution is 0.112. The summed E-state index contributed by atoms with van der Waals surface area (Å²) in [5.74, 6) is 0. The maximum atomic E-state index is 11.0. The van der Waals surface area contributed by atoms with Gasteiger partial charge in [-0.1, -0.05) is 25.4 Å². The highest BCUT2D eigenvalue weighted by molar-refractivity contribution is 6.31. The maximum absolute atomic E-state index is 11.0. The molecule has 0 radical (unpaired) electrons. The van der Waals surface area contributed by atoms with Gasteiger partial charge in [-0.05, 0) is 36.5 Å². The molecule has 1 heterocycles. The molecule has 0 aliphatic carbocycles. The summed E-state index contributed by atoms with van der Waals surface area (Å²) >= 11 is 6.01. The van der Waals surface area contributed by atoms with E-state index in [0.29, 0.717) is 10.4 Å². The predicted octanol–water partition coefficient (Wildman–Crippen LogP) is 3.78. The summed E-state index contributed by atoms with van der Waals surface area (Å²) in [7, 11) is 0. The zero-order valence-electron chi connectivity index (χ0n) is 10.4. The van der Waals surface area contributed by atoms with E-state index >= 15 is 0 Å². The van der Waals surface area contributed by atoms with Crippen LogP contribution in [-0.4, -0.2) is 19.4 Å². The molecule has 0 spiro atoms. The van der Waals surface area contributed by atoms with Gasteiger partial charge in [0.25, 0.3) is 0 Å². The van der Waals surface area contributed by atoms with Gasteiger partial charge in [-0.25, -0.2) is 0 Å². The lowest BCUT2D eigenvalue weighted by atomic mass is 9.82. The van der Waals surface area contributed by atoms with E-state index < -0.39 is 0 Å². The van der Waals surface area contributed by atoms with Crippen molar-refractivity contribution in [3.8, 4) is 0 Å². The third-order valence-corrected chi connectivity index (χ3v) is 3.81. The third-order valence-electron chi connectivity index (χ3n) is 3.58. The van der Waals surface area contributed by atoms with Crippen molar-refractivity contribution in [2.75, 3.05) is 18.0 Å². The normalized spacial score (nSPS) is 19.1. The number of halogens is 1. The van der Waals surface area contributed by atoms with Crippen LogP contribution in [0.3, 0.4) is 0 Å². The zero-order chi connectivity index (χ0) is 12.5. The summed E-state index contributed by atoms with van der Waals surface area (Å²) in [4.78, 5) is 13.3. The number of nitrogens with zero attached hydrogens (tertiary/aromatic N) is 1. The van der Waals surface area contributed by atoms with Crippen LogP contribution in [0.15, 0.2) is 18.2 Å². The molecule has 3 heteroatoms. The first-order chi connectivity index (χ1) is 8.02. The van der Waals surface area contributed by atoms with E-state index in [0.717, 1.165) is 43.5 Å². The number of piperidine rings is 1. The minimum absolute atomic E-state index is 0.413. The molecule has 1 saturated heterocycles. The molecule has 0 N–H and O–H groups in total. The molecular formula is C14H18ClNO. The summed E-state index contributed by atoms with van der Waals surface area (Å²) in [5, 5.41) is 0.690. The number of anilines is 1. The van der Waals surface area contributed by atoms with Crippen LogP contribution in [0.2, 0.25) is 5.02 Å². The van der Waals surface area contributed by atoms with E-state index in [1.807, 2.05) is 6.07 Å². The standard InChI is InChI=1S/C14H18ClNO/c1-14(2)5-7-16(8-6-14)13-9-12(15)4-3-11(13)10-17/h3-4,9-10H,5-8H2,1-2H3. The molecule has 2 rings (SSSR count). The molecule has 0 amide bonds. The first-order valence-corrected chi connectivity index (χ1v) is 6.39. The highest BCUT2D eigenvalue weighted by atomic mass is 35.5. The quantitative estimate of drug-likeness (QED) is 0.746. The number of aldehydes is 1. The molecule has 0 unspecified atom stereocenters. The Morgan fingerprint density at radius 1 is 1.29 bits per heavy atom. The molecule has 0 aromatic heterocycles. The second-order valence-corrected chi connectivity index (χ2v) is 5.91. The lowest BCUT2D eigenvalue weighted by Gasteiger charge is -2.38. The number of benzene rings is 1. The van der Waals surface area contributed by atoms with Crippen LogP contribution in [0.5, 0.6) is 0 Å². The van der Waals surface area contributed by atoms with Crippen molar-refractivity contribution < 1.29 is 4.79 Å². The highest BCUT2D eigenvalue weighted by Gasteiger charge is 2.26. The monoisotopic (exact) mass is 251 g/mol. The molecule has 1 aliphatic heterocycles. The first kappa shape index (κ1) is 12.4. The number of carbonyl (C=O) groups is 1. The summed E-state index contributed by atoms with van der Waals surface area (Å²) in [6.45, 7) is 6.58. The SMILES string of the molecule is CC1(C)CCN(c2cc(Cl)ccc2C=O)CC1. The largest absolute Gasteiger partial charge is 0.371 e. The van der Waals surface area contributed by atoms with Crippen molar-refractivity contribution in [1.29, 1.82) is 0 Å². The number of carbonyl (C=O) groups excluding carboxylic acids is 1. The van der Waals surface area contributed by atoms with Crippen molar-refractivity contribution in [3.05, 3.63) is 28.8 Å². The maximum Gasteiger partial charge on any atom is 0.152 e. The summed E-state index contributed by atoms with van der Waals surface area (Å²) in [6.07, 6.45) is 3.21. The van der Waals surface area contributed by atoms with Crippen LogP contribution in [0.1, 0.15) is 37.0 Å². The van der Waals surface area contributed by atoms with E-state index in [4.69, 9.17) is 11.6 Å². The summed E-state index contributed by atoms with van der Waals surface area (Å²) in [5.41, 5.74) is 2.12. The molecule has 1 aromatic carbocycles. The second kappa shape index (κ2) is 4.69. The Morgan fingerprint density at radius 3 is 2.53 bits per heavy atom. The van der Waals surface area contributed by atoms with E-state index in [-0.39, 0.29) is 0 Å². The van der Waals surface area contributed by atoms with Gasteiger partial charge in [0.05, 0.1) is 0 Å². The van der Waals surface area contributed by atoms with Crippen molar-refractivity contribution in [2.45, 2.75) is 26.7 Å². The Labute approximate surface area is 108 Å². The minimum Gasteiger partial charge on any atom is -0.371 e. The number of hydrogen-bond acceptors (Lipinski definition) is 2. The molecule has 1 fully saturated rings. The Hall–Kier alpha value is -1.02. The van der Waals surface area contributed by atoms with Gasteiger partial charge in [-0.2, -0.15) is 0 Å². The lowest BCUT2D eigenvalue weighted by Crippen LogP contribution is -2.37. The molecule has 0 bridgehead atoms. The molecule has 0 saturated carbocycles. The molecule has 17 heavy (non-hydrogen) atoms. The molecule has 1 aliphatic rings. The van der Waals surface area contributed by atoms with Crippen molar-refractivity contribution in [3.63, 3.8) is 0 Å². The van der Waals surface area contributed by atoms with Crippen LogP contribution in [0, 0.1) is 5.41 Å². The third kappa shape index (κ3) is 2.81. The first-order valence-electron chi connectivity index (χ1n) is 6.01. The summed E-state index contributed by atoms with van der Waals surface area (Å²) < 4.78 is 0. The van der Waals surface area contributed by atoms with Gasteiger partial charge in [0.1, 0.15) is 0 Å². The number of rotatable bonds is 2. The van der Waals surface area contributed by atoms with Crippen LogP contribution in [0.4, 0.5) is 5.69 Å². The van der Waals surface area contributed by atoms with E-state index in [1.165, 1.54) is 0 Å². The smallest absolute Gasteiger partial charge is 0.152 e. The molecular weight excluding hydrogens is 234 g/mol. The van der Waals surface area contributed by atoms with E-state index in [9.17, 15) is 4.79 Å². The fourth-order valence-corrected chi connectivity index (χ4v) is 2.41. The molecule has 1 aromatic rings. The van der Waals surface area contributed by atoms with Crippen LogP contribution >= 0.6 is 11.6 Å². The van der Waals surface area contributed by atoms with E-state index in [2.05, 4.69) is 18.7 Å². The second-order valence-electron chi connectivity index (χ2n) is 5.47. The Morgan fingerprint density at radius 2 is 1.94 bits per heavy atom. The van der Waals surface area contributed by atoms with Crippen LogP contribution in [0.25, 0.3) is 0 Å². The van der Waals surface area contributed by atoms with Gasteiger partial charge in [0, 0.05) is 29.4 Å². The predicted molar refractivity (Wildman–Crippen MR) is 72.1 cm³/mol. The molecule has 2 nitrogen and oxygen atoms in total. The Bertz CT molecular complexity index is 418. The van der Waals surface area contributed by atoms with Gasteiger partial charge in [-0.3, -0.25) is 4.79 Å². The highest BCUT2D eigenvalue weighted by Crippen LogP contribution is 2.34. The average Bonchev–Trinajstić information content (AvgIpc) is 2.29. The topological polar surface area (TPSA) is 20.3 Å². The number of hydrogen-bond donors (Lipinski definition) is 0. The fraction of sp³-hybridized carbons (Fsp3) is 0.500. The van der Waals surface area contributed by atoms with Crippen molar-refractivity contribution >= 4 is 23.6 Å². The molecule has 0 atom stereocenters. The van der Waals surface area contributed by atoms with Gasteiger partial charge in [-0.15, -0.1) is 0 Å². The van der Waals surface area contributed by atoms with Gasteiger partial charge >= 0.3 is 0 Å². The van der Waals surface area contributed by atoms with Gasteiger partial charge in [0.2, 0.25) is 0 Å². The Balaban J connectivity index is 2.23. The Kier molecular flexibility index (Phi) is 3.43. The summed E-state index contributed by atoms with van der Waals surface area (Å²) in [6, 6.07) is 5.46. The fourth-order valence-electron chi connectivity index (χ4n) is 2.24. The van der Waals surface area contributed by atoms with Crippen molar-refractivity contribution in [2.24, 2.45) is 5.41 Å². The zero-order valence-corrected chi connectivity index (χ0v) is 11.1. The van der Waals surface area contributed by atoms with Crippen LogP contribution in [-0.2, 0) is 0 Å². The van der Waals surface area contributed by atoms with Gasteiger partial charge < -0.3 is 4.90 Å². The van der Waals surface area contributed by atoms with Crippen LogP contribution < -0.4 is 4.90 Å². The molecule has 92 valence electrons. The van der Waals surface area contributed by atoms with E-state index in [1.54, 1.807) is 12.1 Å². The minimum atomic E-state index is 0.413. The van der Waals surface area contributed by atoms with Gasteiger partial charge in [0.15, 0.2) is 6.29 Å². The average molecular weight is 252 g/mol. The van der Waals surface area contributed by atoms with Crippen molar-refractivity contribution in [1.82, 2.24) is 0 Å².